The van der Waals surface area contributed by atoms with Gasteiger partial charge in [0, 0.05) is 56.0 Å². The molecule has 5 rings (SSSR count). The maximum absolute atomic E-state index is 13.0. The molecule has 7 heteroatoms. The number of amides is 1. The summed E-state index contributed by atoms with van der Waals surface area (Å²) in [6, 6.07) is 7.66. The van der Waals surface area contributed by atoms with Gasteiger partial charge in [-0.25, -0.2) is 4.98 Å². The molecule has 142 valence electrons. The van der Waals surface area contributed by atoms with Crippen molar-refractivity contribution in [3.8, 4) is 11.4 Å². The van der Waals surface area contributed by atoms with Gasteiger partial charge in [0.1, 0.15) is 5.82 Å². The Morgan fingerprint density at radius 1 is 1.18 bits per heavy atom. The van der Waals surface area contributed by atoms with E-state index in [0.717, 1.165) is 17.7 Å². The molecule has 0 aliphatic carbocycles. The number of nitrogens with zero attached hydrogens (tertiary/aromatic N) is 4. The molecular formula is C21H21N5O2. The lowest BCUT2D eigenvalue weighted by Crippen LogP contribution is -2.49. The molecule has 28 heavy (non-hydrogen) atoms. The lowest BCUT2D eigenvalue weighted by molar-refractivity contribution is -0.133. The number of imidazole rings is 1. The van der Waals surface area contributed by atoms with Crippen LogP contribution < -0.4 is 5.56 Å². The lowest BCUT2D eigenvalue weighted by atomic mass is 9.82. The summed E-state index contributed by atoms with van der Waals surface area (Å²) in [6.45, 7) is 2.01. The maximum atomic E-state index is 13.0. The van der Waals surface area contributed by atoms with Gasteiger partial charge in [-0.1, -0.05) is 6.07 Å². The second kappa shape index (κ2) is 6.74. The zero-order valence-electron chi connectivity index (χ0n) is 15.4. The van der Waals surface area contributed by atoms with Gasteiger partial charge < -0.3 is 14.5 Å². The summed E-state index contributed by atoms with van der Waals surface area (Å²) in [7, 11) is 0. The molecular weight excluding hydrogens is 354 g/mol. The van der Waals surface area contributed by atoms with Crippen LogP contribution in [0.2, 0.25) is 0 Å². The highest BCUT2D eigenvalue weighted by Gasteiger charge is 2.36. The van der Waals surface area contributed by atoms with Crippen molar-refractivity contribution in [3.63, 3.8) is 0 Å². The monoisotopic (exact) mass is 375 g/mol. The predicted octanol–water partition coefficient (Wildman–Crippen LogP) is 1.82. The average molecular weight is 375 g/mol. The molecule has 1 amide bonds. The SMILES string of the molecule is O=C(Cc1cccnc1)N1C[C@@H]2C[C@H](C1)c1ccc(-c3ncc[nH]3)c(=O)n1C2. The summed E-state index contributed by atoms with van der Waals surface area (Å²) in [5, 5.41) is 0. The first-order valence-electron chi connectivity index (χ1n) is 9.59. The second-order valence-corrected chi connectivity index (χ2v) is 7.66. The van der Waals surface area contributed by atoms with Crippen LogP contribution in [0.5, 0.6) is 0 Å². The van der Waals surface area contributed by atoms with Gasteiger partial charge in [0.2, 0.25) is 5.91 Å². The first kappa shape index (κ1) is 16.9. The predicted molar refractivity (Wildman–Crippen MR) is 104 cm³/mol. The molecule has 0 radical (unpaired) electrons. The summed E-state index contributed by atoms with van der Waals surface area (Å²) < 4.78 is 1.89. The minimum atomic E-state index is -0.00251. The Labute approximate surface area is 162 Å². The van der Waals surface area contributed by atoms with Crippen LogP contribution in [0, 0.1) is 5.92 Å². The summed E-state index contributed by atoms with van der Waals surface area (Å²) in [5.74, 6) is 1.23. The van der Waals surface area contributed by atoms with E-state index in [2.05, 4.69) is 15.0 Å². The van der Waals surface area contributed by atoms with E-state index in [4.69, 9.17) is 0 Å². The minimum Gasteiger partial charge on any atom is -0.344 e. The second-order valence-electron chi connectivity index (χ2n) is 7.66. The summed E-state index contributed by atoms with van der Waals surface area (Å²) in [4.78, 5) is 39.1. The highest BCUT2D eigenvalue weighted by atomic mass is 16.2. The molecule has 1 fully saturated rings. The number of hydrogen-bond donors (Lipinski definition) is 1. The van der Waals surface area contributed by atoms with E-state index in [-0.39, 0.29) is 17.4 Å². The van der Waals surface area contributed by atoms with Gasteiger partial charge in [0.05, 0.1) is 12.0 Å². The number of likely N-dealkylation sites (tertiary alicyclic amines) is 1. The van der Waals surface area contributed by atoms with Gasteiger partial charge in [0.15, 0.2) is 0 Å². The van der Waals surface area contributed by atoms with Crippen LogP contribution in [0.3, 0.4) is 0 Å². The number of rotatable bonds is 3. The fourth-order valence-corrected chi connectivity index (χ4v) is 4.53. The van der Waals surface area contributed by atoms with Crippen molar-refractivity contribution >= 4 is 5.91 Å². The summed E-state index contributed by atoms with van der Waals surface area (Å²) in [5.41, 5.74) is 2.55. The molecule has 3 aromatic rings. The topological polar surface area (TPSA) is 83.9 Å². The van der Waals surface area contributed by atoms with Crippen LogP contribution in [-0.2, 0) is 17.8 Å². The lowest BCUT2D eigenvalue weighted by Gasteiger charge is -2.43. The van der Waals surface area contributed by atoms with E-state index in [1.54, 1.807) is 24.8 Å². The zero-order chi connectivity index (χ0) is 19.1. The smallest absolute Gasteiger partial charge is 0.261 e. The Bertz CT molecular complexity index is 1060. The molecule has 0 aromatic carbocycles. The number of piperidine rings is 1. The van der Waals surface area contributed by atoms with Crippen LogP contribution in [0.15, 0.2) is 53.8 Å². The molecule has 2 bridgehead atoms. The summed E-state index contributed by atoms with van der Waals surface area (Å²) in [6.07, 6.45) is 8.23. The van der Waals surface area contributed by atoms with Gasteiger partial charge in [-0.3, -0.25) is 14.6 Å². The van der Waals surface area contributed by atoms with E-state index in [1.165, 1.54) is 0 Å². The number of carbonyl (C=O) groups excluding carboxylic acids is 1. The Morgan fingerprint density at radius 3 is 2.89 bits per heavy atom. The Hall–Kier alpha value is -3.22. The third-order valence-corrected chi connectivity index (χ3v) is 5.79. The van der Waals surface area contributed by atoms with Gasteiger partial charge in [-0.2, -0.15) is 0 Å². The van der Waals surface area contributed by atoms with Crippen molar-refractivity contribution in [2.45, 2.75) is 25.3 Å². The van der Waals surface area contributed by atoms with Crippen molar-refractivity contribution < 1.29 is 4.79 Å². The molecule has 2 atom stereocenters. The van der Waals surface area contributed by atoms with Crippen molar-refractivity contribution in [2.75, 3.05) is 13.1 Å². The van der Waals surface area contributed by atoms with Crippen molar-refractivity contribution in [3.05, 3.63) is 70.7 Å². The third-order valence-electron chi connectivity index (χ3n) is 5.79. The van der Waals surface area contributed by atoms with Gasteiger partial charge in [-0.05, 0) is 36.1 Å². The number of pyridine rings is 2. The molecule has 7 nitrogen and oxygen atoms in total. The maximum Gasteiger partial charge on any atom is 0.261 e. The number of fused-ring (bicyclic) bond motifs is 4. The molecule has 2 aliphatic rings. The van der Waals surface area contributed by atoms with Crippen molar-refractivity contribution in [1.82, 2.24) is 24.4 Å². The van der Waals surface area contributed by atoms with E-state index >= 15 is 0 Å². The highest BCUT2D eigenvalue weighted by molar-refractivity contribution is 5.79. The minimum absolute atomic E-state index is 0.00251. The van der Waals surface area contributed by atoms with Gasteiger partial charge in [-0.15, -0.1) is 0 Å². The zero-order valence-corrected chi connectivity index (χ0v) is 15.4. The number of aromatic amines is 1. The number of aromatic nitrogens is 4. The molecule has 2 aliphatic heterocycles. The summed E-state index contributed by atoms with van der Waals surface area (Å²) >= 11 is 0. The Balaban J connectivity index is 1.40. The van der Waals surface area contributed by atoms with Gasteiger partial charge in [0.25, 0.3) is 5.56 Å². The van der Waals surface area contributed by atoms with Gasteiger partial charge >= 0.3 is 0 Å². The fraction of sp³-hybridized carbons (Fsp3) is 0.333. The Morgan fingerprint density at radius 2 is 2.11 bits per heavy atom. The van der Waals surface area contributed by atoms with Crippen LogP contribution in [0.4, 0.5) is 0 Å². The normalized spacial score (nSPS) is 20.6. The first-order chi connectivity index (χ1) is 13.7. The average Bonchev–Trinajstić information content (AvgIpc) is 3.24. The largest absolute Gasteiger partial charge is 0.344 e. The molecule has 5 heterocycles. The van der Waals surface area contributed by atoms with Crippen LogP contribution in [0.25, 0.3) is 11.4 Å². The van der Waals surface area contributed by atoms with E-state index in [0.29, 0.717) is 43.4 Å². The van der Waals surface area contributed by atoms with E-state index in [9.17, 15) is 9.59 Å². The van der Waals surface area contributed by atoms with E-state index < -0.39 is 0 Å². The number of carbonyl (C=O) groups is 1. The molecule has 0 unspecified atom stereocenters. The quantitative estimate of drug-likeness (QED) is 0.757. The number of H-pyrrole nitrogens is 1. The van der Waals surface area contributed by atoms with Crippen LogP contribution >= 0.6 is 0 Å². The fourth-order valence-electron chi connectivity index (χ4n) is 4.53. The standard InChI is InChI=1S/C21H21N5O2/c27-19(9-14-2-1-5-22-10-14)25-11-15-8-16(13-25)18-4-3-17(20-23-6-7-24-20)21(28)26(18)12-15/h1-7,10,15-16H,8-9,11-13H2,(H,23,24)/t15-,16+/m0/s1. The van der Waals surface area contributed by atoms with Crippen LogP contribution in [-0.4, -0.2) is 43.4 Å². The number of hydrogen-bond acceptors (Lipinski definition) is 4. The molecule has 1 saturated heterocycles. The van der Waals surface area contributed by atoms with Crippen molar-refractivity contribution in [2.24, 2.45) is 5.92 Å². The molecule has 0 saturated carbocycles. The number of nitrogens with one attached hydrogen (secondary N) is 1. The van der Waals surface area contributed by atoms with Crippen LogP contribution in [0.1, 0.15) is 23.6 Å². The molecule has 1 N–H and O–H groups in total. The van der Waals surface area contributed by atoms with Crippen molar-refractivity contribution in [1.29, 1.82) is 0 Å². The molecule has 0 spiro atoms. The Kier molecular flexibility index (Phi) is 4.07. The first-order valence-corrected chi connectivity index (χ1v) is 9.59. The molecule has 3 aromatic heterocycles. The highest BCUT2D eigenvalue weighted by Crippen LogP contribution is 2.35. The third kappa shape index (κ3) is 2.93. The van der Waals surface area contributed by atoms with E-state index in [1.807, 2.05) is 33.7 Å².